The molecular formula is C66H75Cl2FN12O4. The van der Waals surface area contributed by atoms with Gasteiger partial charge in [-0.25, -0.2) is 19.2 Å². The Kier molecular flexibility index (Phi) is 16.8. The minimum Gasteiger partial charge on any atom is -0.493 e. The third kappa shape index (κ3) is 11.0. The van der Waals surface area contributed by atoms with Gasteiger partial charge >= 0.3 is 6.03 Å². The quantitative estimate of drug-likeness (QED) is 0.0885. The summed E-state index contributed by atoms with van der Waals surface area (Å²) in [7, 11) is 1.69. The summed E-state index contributed by atoms with van der Waals surface area (Å²) in [6, 6.07) is 28.0. The highest BCUT2D eigenvalue weighted by molar-refractivity contribution is 6.31. The van der Waals surface area contributed by atoms with Gasteiger partial charge in [-0.05, 0) is 140 Å². The number of urea groups is 1. The molecule has 0 saturated carbocycles. The maximum atomic E-state index is 15.5. The third-order valence-corrected chi connectivity index (χ3v) is 18.5. The number of pyridine rings is 1. The van der Waals surface area contributed by atoms with E-state index in [0.29, 0.717) is 100 Å². The number of nitrogens with two attached hydrogens (primary N) is 1. The summed E-state index contributed by atoms with van der Waals surface area (Å²) >= 11 is 13.2. The lowest BCUT2D eigenvalue weighted by Crippen LogP contribution is -2.66. The summed E-state index contributed by atoms with van der Waals surface area (Å²) < 4.78 is 22.9. The number of nitriles is 1. The first-order valence-corrected chi connectivity index (χ1v) is 30.7. The Labute approximate surface area is 507 Å². The molecule has 2 saturated heterocycles. The predicted molar refractivity (Wildman–Crippen MR) is 331 cm³/mol. The van der Waals surface area contributed by atoms with Crippen LogP contribution >= 0.6 is 23.2 Å². The van der Waals surface area contributed by atoms with E-state index in [1.165, 1.54) is 12.1 Å². The highest BCUT2D eigenvalue weighted by atomic mass is 35.5. The van der Waals surface area contributed by atoms with Crippen LogP contribution in [0.3, 0.4) is 0 Å². The zero-order valence-corrected chi connectivity index (χ0v) is 51.0. The molecule has 19 heteroatoms. The van der Waals surface area contributed by atoms with Crippen molar-refractivity contribution in [2.75, 3.05) is 70.1 Å². The molecule has 3 N–H and O–H groups in total. The van der Waals surface area contributed by atoms with E-state index in [9.17, 15) is 19.2 Å². The van der Waals surface area contributed by atoms with Gasteiger partial charge in [0, 0.05) is 85.7 Å². The van der Waals surface area contributed by atoms with Crippen LogP contribution in [0.4, 0.5) is 20.7 Å². The van der Waals surface area contributed by atoms with Gasteiger partial charge in [-0.2, -0.15) is 10.4 Å². The number of rotatable bonds is 16. The molecule has 4 amide bonds. The number of piperazine rings is 1. The molecule has 1 aliphatic carbocycles. The number of amides is 4. The van der Waals surface area contributed by atoms with E-state index in [0.717, 1.165) is 92.4 Å². The van der Waals surface area contributed by atoms with Gasteiger partial charge in [-0.15, -0.1) is 0 Å². The number of aliphatic imine (C=N–C) groups is 1. The van der Waals surface area contributed by atoms with E-state index in [2.05, 4.69) is 77.2 Å². The van der Waals surface area contributed by atoms with Crippen LogP contribution in [0.2, 0.25) is 10.0 Å². The van der Waals surface area contributed by atoms with E-state index >= 15 is 4.79 Å². The molecule has 6 aromatic rings. The topological polar surface area (TPSA) is 182 Å². The van der Waals surface area contributed by atoms with Gasteiger partial charge < -0.3 is 30.5 Å². The Morgan fingerprint density at radius 1 is 0.882 bits per heavy atom. The molecule has 0 spiro atoms. The lowest BCUT2D eigenvalue weighted by molar-refractivity contribution is -0.121. The largest absolute Gasteiger partial charge is 0.493 e. The molecule has 5 aliphatic rings. The summed E-state index contributed by atoms with van der Waals surface area (Å²) in [5.74, 6) is 0.778. The molecular weight excluding hydrogens is 1110 g/mol. The number of hydrogen-bond donors (Lipinski definition) is 2. The van der Waals surface area contributed by atoms with E-state index in [1.54, 1.807) is 28.9 Å². The lowest BCUT2D eigenvalue weighted by Gasteiger charge is -2.56. The van der Waals surface area contributed by atoms with Crippen molar-refractivity contribution < 1.29 is 23.5 Å². The number of carbonyl (C=O) groups excluding carboxylic acids is 3. The minimum absolute atomic E-state index is 0.0615. The van der Waals surface area contributed by atoms with Crippen molar-refractivity contribution in [3.63, 3.8) is 0 Å². The number of ether oxygens (including phenoxy) is 1. The van der Waals surface area contributed by atoms with Crippen LogP contribution in [0, 0.1) is 17.1 Å². The summed E-state index contributed by atoms with van der Waals surface area (Å²) in [5.41, 5.74) is 12.9. The second-order valence-corrected chi connectivity index (χ2v) is 25.2. The van der Waals surface area contributed by atoms with Crippen LogP contribution in [0.25, 0.3) is 11.1 Å². The molecule has 0 radical (unpaired) electrons. The fourth-order valence-corrected chi connectivity index (χ4v) is 13.9. The highest BCUT2D eigenvalue weighted by Gasteiger charge is 2.71. The van der Waals surface area contributed by atoms with Crippen LogP contribution in [0.1, 0.15) is 154 Å². The Hall–Kier alpha value is -7.52. The average Bonchev–Trinajstić information content (AvgIpc) is 1.55. The van der Waals surface area contributed by atoms with E-state index in [4.69, 9.17) is 38.7 Å². The summed E-state index contributed by atoms with van der Waals surface area (Å²) in [4.78, 5) is 63.0. The van der Waals surface area contributed by atoms with Crippen molar-refractivity contribution in [3.8, 4) is 22.9 Å². The van der Waals surface area contributed by atoms with Gasteiger partial charge in [-0.3, -0.25) is 24.1 Å². The molecule has 0 unspecified atom stereocenters. The number of carbonyl (C=O) groups is 3. The first kappa shape index (κ1) is 59.2. The molecule has 4 aliphatic heterocycles. The number of nitrogens with one attached hydrogen (secondary N) is 1. The Bertz CT molecular complexity index is 3630. The molecule has 2 aromatic heterocycles. The molecule has 6 heterocycles. The Morgan fingerprint density at radius 2 is 1.61 bits per heavy atom. The predicted octanol–water partition coefficient (Wildman–Crippen LogP) is 12.0. The zero-order chi connectivity index (χ0) is 60.0. The fraction of sp³-hybridized carbons (Fsp3) is 0.439. The van der Waals surface area contributed by atoms with Crippen LogP contribution in [0.15, 0.2) is 96.1 Å². The molecule has 11 rings (SSSR count). The van der Waals surface area contributed by atoms with Crippen LogP contribution in [0.5, 0.6) is 5.75 Å². The number of amidine groups is 1. The molecule has 4 aromatic carbocycles. The van der Waals surface area contributed by atoms with Crippen LogP contribution < -0.4 is 20.7 Å². The molecule has 444 valence electrons. The Morgan fingerprint density at radius 3 is 2.35 bits per heavy atom. The first-order chi connectivity index (χ1) is 40.9. The average molecular weight is 1190 g/mol. The number of aromatic nitrogens is 3. The van der Waals surface area contributed by atoms with Crippen molar-refractivity contribution in [1.82, 2.24) is 39.7 Å². The van der Waals surface area contributed by atoms with Crippen molar-refractivity contribution in [3.05, 3.63) is 157 Å². The molecule has 2 fully saturated rings. The SMILES string of the molecule is CCOc1cc(C(C)(C)C)ccc1C1=N[C@]2(c3ccc(Cl)cc3)c3cc(Cl)ccc3[C@@]2(C)N1C(=O)N1CCN(CCCCCCCCC(=O)NCCn2nc(C#N)c3c2CN(C)C(=O)c2ccc(F)cc2[C@H]2CCCN2c2cc-3cnc2N)CC1. The monoisotopic (exact) mass is 1190 g/mol. The number of anilines is 2. The van der Waals surface area contributed by atoms with Gasteiger partial charge in [0.2, 0.25) is 5.91 Å². The van der Waals surface area contributed by atoms with E-state index in [1.807, 2.05) is 65.3 Å². The molecule has 3 atom stereocenters. The smallest absolute Gasteiger partial charge is 0.326 e. The van der Waals surface area contributed by atoms with E-state index < -0.39 is 16.9 Å². The molecule has 16 nitrogen and oxygen atoms in total. The highest BCUT2D eigenvalue weighted by Crippen LogP contribution is 2.66. The minimum atomic E-state index is -0.957. The standard InChI is InChI=1S/C66H75Cl2FN12O4/c1-7-85-57-36-44(64(2,3)4)19-24-49(57)61-74-66(43-17-20-45(67)21-18-43)52-37-46(68)22-26-51(52)65(66,5)81(61)63(84)78-33-31-77(32-34-78)28-13-11-9-8-10-12-16-58(82)72-27-30-80-56-41-76(6)62(83)48-25-23-47(69)38-50(48)54-15-14-29-79(54)55-35-42(40-73-60(55)71)59(56)53(39-70)75-80/h17-26,35-38,40,54H,7-16,27-34,41H2,1-6H3,(H2,71,73)(H,72,82)/t54-,65-,66-/m1/s1. The van der Waals surface area contributed by atoms with Crippen molar-refractivity contribution >= 4 is 58.4 Å². The molecule has 85 heavy (non-hydrogen) atoms. The Balaban J connectivity index is 0.675. The van der Waals surface area contributed by atoms with Gasteiger partial charge in [0.1, 0.15) is 40.4 Å². The third-order valence-electron chi connectivity index (χ3n) is 18.0. The second kappa shape index (κ2) is 24.1. The lowest BCUT2D eigenvalue weighted by atomic mass is 9.54. The van der Waals surface area contributed by atoms with E-state index in [-0.39, 0.29) is 54.6 Å². The summed E-state index contributed by atoms with van der Waals surface area (Å²) in [6.07, 6.45) is 9.42. The normalized spacial score (nSPS) is 20.0. The van der Waals surface area contributed by atoms with Gasteiger partial charge in [0.15, 0.2) is 5.69 Å². The van der Waals surface area contributed by atoms with Gasteiger partial charge in [0.25, 0.3) is 5.91 Å². The van der Waals surface area contributed by atoms with Crippen LogP contribution in [-0.2, 0) is 34.4 Å². The van der Waals surface area contributed by atoms with Crippen molar-refractivity contribution in [2.45, 2.75) is 128 Å². The number of hydrogen-bond acceptors (Lipinski definition) is 11. The number of unbranched alkanes of at least 4 members (excludes halogenated alkanes) is 5. The van der Waals surface area contributed by atoms with Crippen LogP contribution in [-0.4, -0.2) is 118 Å². The number of halogens is 3. The maximum absolute atomic E-state index is 15.5. The summed E-state index contributed by atoms with van der Waals surface area (Å²) in [6.45, 7) is 16.0. The van der Waals surface area contributed by atoms with Gasteiger partial charge in [0.05, 0.1) is 42.7 Å². The number of fused-ring (bicyclic) bond motifs is 12. The second-order valence-electron chi connectivity index (χ2n) is 24.4. The summed E-state index contributed by atoms with van der Waals surface area (Å²) in [5, 5.41) is 19.3. The number of nitrogens with zero attached hydrogens (tertiary/aromatic N) is 10. The first-order valence-electron chi connectivity index (χ1n) is 30.0. The van der Waals surface area contributed by atoms with Crippen molar-refractivity contribution in [2.24, 2.45) is 4.99 Å². The maximum Gasteiger partial charge on any atom is 0.326 e. The number of nitrogen functional groups attached to an aromatic ring is 1. The number of benzene rings is 4. The van der Waals surface area contributed by atoms with Gasteiger partial charge in [-0.1, -0.05) is 93.9 Å². The molecule has 2 bridgehead atoms. The zero-order valence-electron chi connectivity index (χ0n) is 49.5. The fourth-order valence-electron chi connectivity index (χ4n) is 13.6. The van der Waals surface area contributed by atoms with Crippen molar-refractivity contribution in [1.29, 1.82) is 5.26 Å².